The SMILES string of the molecule is CCCCC(N)CN(C)Cc1ccccc1Br. The highest BCUT2D eigenvalue weighted by atomic mass is 79.9. The zero-order valence-electron chi connectivity index (χ0n) is 10.8. The van der Waals surface area contributed by atoms with Gasteiger partial charge < -0.3 is 10.6 Å². The summed E-state index contributed by atoms with van der Waals surface area (Å²) in [5.41, 5.74) is 7.42. The number of likely N-dealkylation sites (N-methyl/N-ethyl adjacent to an activating group) is 1. The monoisotopic (exact) mass is 298 g/mol. The van der Waals surface area contributed by atoms with E-state index in [1.165, 1.54) is 22.9 Å². The smallest absolute Gasteiger partial charge is 0.0242 e. The van der Waals surface area contributed by atoms with Crippen LogP contribution in [0.1, 0.15) is 31.7 Å². The van der Waals surface area contributed by atoms with E-state index in [1.807, 2.05) is 6.07 Å². The largest absolute Gasteiger partial charge is 0.327 e. The summed E-state index contributed by atoms with van der Waals surface area (Å²) in [5, 5.41) is 0. The van der Waals surface area contributed by atoms with Crippen molar-refractivity contribution in [3.8, 4) is 0 Å². The van der Waals surface area contributed by atoms with Crippen LogP contribution in [0, 0.1) is 0 Å². The maximum Gasteiger partial charge on any atom is 0.0242 e. The number of unbranched alkanes of at least 4 members (excludes halogenated alkanes) is 1. The van der Waals surface area contributed by atoms with E-state index in [9.17, 15) is 0 Å². The van der Waals surface area contributed by atoms with Gasteiger partial charge in [-0.25, -0.2) is 0 Å². The second-order valence-electron chi connectivity index (χ2n) is 4.69. The molecule has 1 aromatic carbocycles. The maximum atomic E-state index is 6.10. The second-order valence-corrected chi connectivity index (χ2v) is 5.54. The molecule has 0 bridgehead atoms. The molecule has 0 saturated carbocycles. The van der Waals surface area contributed by atoms with Gasteiger partial charge in [0, 0.05) is 23.6 Å². The maximum absolute atomic E-state index is 6.10. The number of benzene rings is 1. The van der Waals surface area contributed by atoms with E-state index < -0.39 is 0 Å². The molecular weight excluding hydrogens is 276 g/mol. The van der Waals surface area contributed by atoms with Gasteiger partial charge in [0.25, 0.3) is 0 Å². The summed E-state index contributed by atoms with van der Waals surface area (Å²) < 4.78 is 1.17. The van der Waals surface area contributed by atoms with Crippen molar-refractivity contribution >= 4 is 15.9 Å². The summed E-state index contributed by atoms with van der Waals surface area (Å²) in [4.78, 5) is 2.29. The molecule has 0 saturated heterocycles. The Morgan fingerprint density at radius 2 is 2.06 bits per heavy atom. The Kier molecular flexibility index (Phi) is 6.78. The van der Waals surface area contributed by atoms with Gasteiger partial charge in [0.15, 0.2) is 0 Å². The van der Waals surface area contributed by atoms with E-state index in [-0.39, 0.29) is 0 Å². The molecule has 0 spiro atoms. The standard InChI is InChI=1S/C14H23BrN2/c1-3-4-8-13(16)11-17(2)10-12-7-5-6-9-14(12)15/h5-7,9,13H,3-4,8,10-11,16H2,1-2H3. The predicted molar refractivity (Wildman–Crippen MR) is 78.0 cm³/mol. The Bertz CT molecular complexity index is 328. The highest BCUT2D eigenvalue weighted by Crippen LogP contribution is 2.17. The molecule has 0 aliphatic heterocycles. The molecule has 2 nitrogen and oxygen atoms in total. The molecule has 0 heterocycles. The third-order valence-electron chi connectivity index (χ3n) is 2.87. The van der Waals surface area contributed by atoms with Crippen LogP contribution in [0.2, 0.25) is 0 Å². The lowest BCUT2D eigenvalue weighted by molar-refractivity contribution is 0.295. The molecule has 2 N–H and O–H groups in total. The van der Waals surface area contributed by atoms with Crippen LogP contribution in [-0.2, 0) is 6.54 Å². The Hall–Kier alpha value is -0.380. The molecule has 0 aliphatic rings. The van der Waals surface area contributed by atoms with Gasteiger partial charge >= 0.3 is 0 Å². The average molecular weight is 299 g/mol. The number of hydrogen-bond donors (Lipinski definition) is 1. The minimum absolute atomic E-state index is 0.294. The molecule has 1 unspecified atom stereocenters. The van der Waals surface area contributed by atoms with Gasteiger partial charge in [-0.15, -0.1) is 0 Å². The molecule has 96 valence electrons. The van der Waals surface area contributed by atoms with Gasteiger partial charge in [-0.2, -0.15) is 0 Å². The Morgan fingerprint density at radius 1 is 1.35 bits per heavy atom. The number of hydrogen-bond acceptors (Lipinski definition) is 2. The van der Waals surface area contributed by atoms with Crippen molar-refractivity contribution in [2.45, 2.75) is 38.8 Å². The summed E-state index contributed by atoms with van der Waals surface area (Å²) >= 11 is 3.58. The minimum atomic E-state index is 0.294. The topological polar surface area (TPSA) is 29.3 Å². The first-order valence-corrected chi connectivity index (χ1v) is 7.10. The first-order chi connectivity index (χ1) is 8.13. The van der Waals surface area contributed by atoms with Crippen molar-refractivity contribution in [3.05, 3.63) is 34.3 Å². The molecule has 0 radical (unpaired) electrons. The van der Waals surface area contributed by atoms with E-state index in [0.717, 1.165) is 19.5 Å². The van der Waals surface area contributed by atoms with Gasteiger partial charge in [0.05, 0.1) is 0 Å². The van der Waals surface area contributed by atoms with Crippen LogP contribution in [0.25, 0.3) is 0 Å². The number of nitrogens with zero attached hydrogens (tertiary/aromatic N) is 1. The Labute approximate surface area is 113 Å². The van der Waals surface area contributed by atoms with Crippen molar-refractivity contribution in [2.75, 3.05) is 13.6 Å². The van der Waals surface area contributed by atoms with Crippen molar-refractivity contribution < 1.29 is 0 Å². The third kappa shape index (κ3) is 5.66. The number of rotatable bonds is 7. The van der Waals surface area contributed by atoms with Crippen LogP contribution in [0.5, 0.6) is 0 Å². The van der Waals surface area contributed by atoms with Gasteiger partial charge in [-0.1, -0.05) is 53.9 Å². The van der Waals surface area contributed by atoms with Gasteiger partial charge in [-0.05, 0) is 25.1 Å². The first kappa shape index (κ1) is 14.7. The molecular formula is C14H23BrN2. The fourth-order valence-electron chi connectivity index (χ4n) is 1.94. The van der Waals surface area contributed by atoms with E-state index in [1.54, 1.807) is 0 Å². The van der Waals surface area contributed by atoms with Gasteiger partial charge in [0.2, 0.25) is 0 Å². The lowest BCUT2D eigenvalue weighted by Gasteiger charge is -2.21. The van der Waals surface area contributed by atoms with E-state index >= 15 is 0 Å². The van der Waals surface area contributed by atoms with Gasteiger partial charge in [-0.3, -0.25) is 0 Å². The summed E-state index contributed by atoms with van der Waals surface area (Å²) in [6, 6.07) is 8.64. The fourth-order valence-corrected chi connectivity index (χ4v) is 2.35. The zero-order chi connectivity index (χ0) is 12.7. The quantitative estimate of drug-likeness (QED) is 0.836. The normalized spacial score (nSPS) is 13.0. The molecule has 3 heteroatoms. The van der Waals surface area contributed by atoms with Crippen LogP contribution >= 0.6 is 15.9 Å². The zero-order valence-corrected chi connectivity index (χ0v) is 12.4. The molecule has 1 atom stereocenters. The van der Waals surface area contributed by atoms with Crippen molar-refractivity contribution in [1.29, 1.82) is 0 Å². The van der Waals surface area contributed by atoms with Crippen molar-refractivity contribution in [2.24, 2.45) is 5.73 Å². The molecule has 0 aromatic heterocycles. The molecule has 17 heavy (non-hydrogen) atoms. The third-order valence-corrected chi connectivity index (χ3v) is 3.65. The molecule has 0 fully saturated rings. The highest BCUT2D eigenvalue weighted by molar-refractivity contribution is 9.10. The van der Waals surface area contributed by atoms with Crippen LogP contribution in [0.4, 0.5) is 0 Å². The second kappa shape index (κ2) is 7.85. The summed E-state index contributed by atoms with van der Waals surface area (Å²) in [6.07, 6.45) is 3.57. The predicted octanol–water partition coefficient (Wildman–Crippen LogP) is 3.40. The number of halogens is 1. The summed E-state index contributed by atoms with van der Waals surface area (Å²) in [7, 11) is 2.13. The minimum Gasteiger partial charge on any atom is -0.327 e. The Morgan fingerprint density at radius 3 is 2.71 bits per heavy atom. The van der Waals surface area contributed by atoms with Crippen LogP contribution in [0.15, 0.2) is 28.7 Å². The molecule has 1 rings (SSSR count). The summed E-state index contributed by atoms with van der Waals surface area (Å²) in [6.45, 7) is 4.11. The van der Waals surface area contributed by atoms with E-state index in [2.05, 4.69) is 53.0 Å². The molecule has 1 aromatic rings. The van der Waals surface area contributed by atoms with Crippen LogP contribution in [0.3, 0.4) is 0 Å². The summed E-state index contributed by atoms with van der Waals surface area (Å²) in [5.74, 6) is 0. The average Bonchev–Trinajstić information content (AvgIpc) is 2.29. The molecule has 0 aliphatic carbocycles. The van der Waals surface area contributed by atoms with Crippen LogP contribution < -0.4 is 5.73 Å². The lowest BCUT2D eigenvalue weighted by Crippen LogP contribution is -2.34. The number of nitrogens with two attached hydrogens (primary N) is 1. The van der Waals surface area contributed by atoms with E-state index in [0.29, 0.717) is 6.04 Å². The Balaban J connectivity index is 2.39. The fraction of sp³-hybridized carbons (Fsp3) is 0.571. The van der Waals surface area contributed by atoms with E-state index in [4.69, 9.17) is 5.73 Å². The van der Waals surface area contributed by atoms with Crippen LogP contribution in [-0.4, -0.2) is 24.5 Å². The van der Waals surface area contributed by atoms with Crippen molar-refractivity contribution in [1.82, 2.24) is 4.90 Å². The molecule has 0 amide bonds. The highest BCUT2D eigenvalue weighted by Gasteiger charge is 2.08. The lowest BCUT2D eigenvalue weighted by atomic mass is 10.1. The van der Waals surface area contributed by atoms with Crippen molar-refractivity contribution in [3.63, 3.8) is 0 Å². The van der Waals surface area contributed by atoms with Gasteiger partial charge in [0.1, 0.15) is 0 Å². The first-order valence-electron chi connectivity index (χ1n) is 6.31.